The van der Waals surface area contributed by atoms with Crippen molar-refractivity contribution in [1.82, 2.24) is 0 Å². The third-order valence-corrected chi connectivity index (χ3v) is 4.29. The van der Waals surface area contributed by atoms with Gasteiger partial charge in [-0.25, -0.2) is 4.21 Å². The van der Waals surface area contributed by atoms with Gasteiger partial charge in [0.05, 0.1) is 4.90 Å². The summed E-state index contributed by atoms with van der Waals surface area (Å²) in [5.74, 6) is 0. The second-order valence-electron chi connectivity index (χ2n) is 4.46. The van der Waals surface area contributed by atoms with Gasteiger partial charge in [0, 0.05) is 5.69 Å². The molecule has 1 N–H and O–H groups in total. The molecule has 0 bridgehead atoms. The summed E-state index contributed by atoms with van der Waals surface area (Å²) in [7, 11) is -1.21. The zero-order chi connectivity index (χ0) is 13.1. The Morgan fingerprint density at radius 1 is 0.889 bits per heavy atom. The quantitative estimate of drug-likeness (QED) is 0.893. The van der Waals surface area contributed by atoms with Gasteiger partial charge in [-0.15, -0.1) is 0 Å². The second-order valence-corrected chi connectivity index (χ2v) is 5.61. The summed E-state index contributed by atoms with van der Waals surface area (Å²) >= 11 is 0. The number of rotatable bonds is 3. The molecule has 0 heterocycles. The largest absolute Gasteiger partial charge is 0.301 e. The van der Waals surface area contributed by atoms with Crippen molar-refractivity contribution >= 4 is 16.7 Å². The molecule has 2 rings (SSSR count). The minimum absolute atomic E-state index is 0.873. The predicted molar refractivity (Wildman–Crippen MR) is 77.1 cm³/mol. The van der Waals surface area contributed by atoms with Crippen molar-refractivity contribution in [2.75, 3.05) is 4.72 Å². The van der Waals surface area contributed by atoms with Gasteiger partial charge in [-0.2, -0.15) is 0 Å². The van der Waals surface area contributed by atoms with Gasteiger partial charge < -0.3 is 4.72 Å². The third kappa shape index (κ3) is 2.79. The van der Waals surface area contributed by atoms with Crippen LogP contribution < -0.4 is 4.72 Å². The molecule has 1 unspecified atom stereocenters. The first-order valence-electron chi connectivity index (χ1n) is 5.89. The van der Waals surface area contributed by atoms with Crippen molar-refractivity contribution in [3.63, 3.8) is 0 Å². The molecule has 0 spiro atoms. The zero-order valence-electron chi connectivity index (χ0n) is 10.9. The first-order valence-corrected chi connectivity index (χ1v) is 7.04. The molecule has 2 aromatic rings. The SMILES string of the molecule is Cc1ccc(NS(=O)c2c(C)cccc2C)cc1. The monoisotopic (exact) mass is 259 g/mol. The molecular weight excluding hydrogens is 242 g/mol. The Hall–Kier alpha value is -1.61. The lowest BCUT2D eigenvalue weighted by Gasteiger charge is -2.11. The summed E-state index contributed by atoms with van der Waals surface area (Å²) in [6.45, 7) is 6.00. The average Bonchev–Trinajstić information content (AvgIpc) is 2.32. The summed E-state index contributed by atoms with van der Waals surface area (Å²) in [5.41, 5.74) is 4.17. The van der Waals surface area contributed by atoms with Gasteiger partial charge >= 0.3 is 0 Å². The van der Waals surface area contributed by atoms with Crippen LogP contribution in [0.3, 0.4) is 0 Å². The van der Waals surface area contributed by atoms with Crippen LogP contribution in [-0.2, 0) is 11.0 Å². The molecule has 0 aliphatic heterocycles. The van der Waals surface area contributed by atoms with E-state index in [0.717, 1.165) is 21.7 Å². The first-order chi connectivity index (χ1) is 8.58. The van der Waals surface area contributed by atoms with Gasteiger partial charge in [0.15, 0.2) is 11.0 Å². The Morgan fingerprint density at radius 3 is 2.00 bits per heavy atom. The number of aryl methyl sites for hydroxylation is 3. The number of hydrogen-bond acceptors (Lipinski definition) is 1. The zero-order valence-corrected chi connectivity index (χ0v) is 11.7. The fourth-order valence-electron chi connectivity index (χ4n) is 1.87. The van der Waals surface area contributed by atoms with Crippen LogP contribution in [0.5, 0.6) is 0 Å². The molecular formula is C15H17NOS. The molecule has 2 aromatic carbocycles. The highest BCUT2D eigenvalue weighted by molar-refractivity contribution is 7.86. The number of anilines is 1. The molecule has 0 saturated carbocycles. The molecule has 0 aliphatic rings. The molecule has 0 aliphatic carbocycles. The van der Waals surface area contributed by atoms with E-state index in [1.807, 2.05) is 63.2 Å². The Kier molecular flexibility index (Phi) is 3.82. The predicted octanol–water partition coefficient (Wildman–Crippen LogP) is 3.75. The molecule has 0 radical (unpaired) electrons. The summed E-state index contributed by atoms with van der Waals surface area (Å²) in [6, 6.07) is 13.8. The molecule has 94 valence electrons. The standard InChI is InChI=1S/C15H17NOS/c1-11-7-9-14(10-8-11)16-18(17)15-12(2)5-4-6-13(15)3/h4-10,16H,1-3H3. The van der Waals surface area contributed by atoms with Gasteiger partial charge in [-0.05, 0) is 44.0 Å². The smallest absolute Gasteiger partial charge is 0.150 e. The minimum Gasteiger partial charge on any atom is -0.301 e. The molecule has 1 atom stereocenters. The van der Waals surface area contributed by atoms with E-state index in [1.165, 1.54) is 5.56 Å². The van der Waals surface area contributed by atoms with E-state index >= 15 is 0 Å². The minimum atomic E-state index is -1.21. The van der Waals surface area contributed by atoms with Crippen LogP contribution in [0.1, 0.15) is 16.7 Å². The normalized spacial score (nSPS) is 12.2. The van der Waals surface area contributed by atoms with E-state index in [9.17, 15) is 4.21 Å². The third-order valence-electron chi connectivity index (χ3n) is 2.86. The van der Waals surface area contributed by atoms with Crippen molar-refractivity contribution in [2.24, 2.45) is 0 Å². The lowest BCUT2D eigenvalue weighted by atomic mass is 10.2. The highest BCUT2D eigenvalue weighted by atomic mass is 32.2. The molecule has 0 aromatic heterocycles. The fourth-order valence-corrected chi connectivity index (χ4v) is 3.04. The van der Waals surface area contributed by atoms with E-state index in [2.05, 4.69) is 4.72 Å². The molecule has 3 heteroatoms. The van der Waals surface area contributed by atoms with E-state index < -0.39 is 11.0 Å². The topological polar surface area (TPSA) is 29.1 Å². The van der Waals surface area contributed by atoms with Crippen LogP contribution in [0.25, 0.3) is 0 Å². The lowest BCUT2D eigenvalue weighted by Crippen LogP contribution is -2.08. The van der Waals surface area contributed by atoms with Crippen LogP contribution in [0.4, 0.5) is 5.69 Å². The van der Waals surface area contributed by atoms with Crippen molar-refractivity contribution in [3.8, 4) is 0 Å². The Bertz CT molecular complexity index is 555. The van der Waals surface area contributed by atoms with Crippen LogP contribution >= 0.6 is 0 Å². The average molecular weight is 259 g/mol. The van der Waals surface area contributed by atoms with Crippen LogP contribution in [0.2, 0.25) is 0 Å². The number of nitrogens with one attached hydrogen (secondary N) is 1. The molecule has 2 nitrogen and oxygen atoms in total. The van der Waals surface area contributed by atoms with Gasteiger partial charge in [0.25, 0.3) is 0 Å². The molecule has 0 amide bonds. The van der Waals surface area contributed by atoms with E-state index in [0.29, 0.717) is 0 Å². The first kappa shape index (κ1) is 12.8. The molecule has 18 heavy (non-hydrogen) atoms. The summed E-state index contributed by atoms with van der Waals surface area (Å²) in [5, 5.41) is 0. The van der Waals surface area contributed by atoms with Crippen molar-refractivity contribution < 1.29 is 4.21 Å². The lowest BCUT2D eigenvalue weighted by molar-refractivity contribution is 0.685. The molecule has 0 saturated heterocycles. The van der Waals surface area contributed by atoms with Gasteiger partial charge in [0.1, 0.15) is 0 Å². The van der Waals surface area contributed by atoms with Crippen molar-refractivity contribution in [3.05, 3.63) is 59.2 Å². The van der Waals surface area contributed by atoms with E-state index in [-0.39, 0.29) is 0 Å². The fraction of sp³-hybridized carbons (Fsp3) is 0.200. The van der Waals surface area contributed by atoms with Gasteiger partial charge in [-0.1, -0.05) is 35.9 Å². The molecule has 0 fully saturated rings. The summed E-state index contributed by atoms with van der Waals surface area (Å²) in [6.07, 6.45) is 0. The van der Waals surface area contributed by atoms with Crippen molar-refractivity contribution in [1.29, 1.82) is 0 Å². The van der Waals surface area contributed by atoms with Crippen LogP contribution in [0, 0.1) is 20.8 Å². The summed E-state index contributed by atoms with van der Waals surface area (Å²) < 4.78 is 15.4. The van der Waals surface area contributed by atoms with Gasteiger partial charge in [-0.3, -0.25) is 0 Å². The highest BCUT2D eigenvalue weighted by Crippen LogP contribution is 2.20. The second kappa shape index (κ2) is 5.36. The maximum atomic E-state index is 12.3. The Balaban J connectivity index is 2.25. The maximum absolute atomic E-state index is 12.3. The number of hydrogen-bond donors (Lipinski definition) is 1. The summed E-state index contributed by atoms with van der Waals surface area (Å²) in [4.78, 5) is 0.873. The van der Waals surface area contributed by atoms with E-state index in [1.54, 1.807) is 0 Å². The van der Waals surface area contributed by atoms with Crippen LogP contribution in [0.15, 0.2) is 47.4 Å². The van der Waals surface area contributed by atoms with Crippen molar-refractivity contribution in [2.45, 2.75) is 25.7 Å². The van der Waals surface area contributed by atoms with E-state index in [4.69, 9.17) is 0 Å². The Morgan fingerprint density at radius 2 is 1.44 bits per heavy atom. The maximum Gasteiger partial charge on any atom is 0.150 e. The van der Waals surface area contributed by atoms with Gasteiger partial charge in [0.2, 0.25) is 0 Å². The Labute approximate surface area is 111 Å². The number of benzene rings is 2. The highest BCUT2D eigenvalue weighted by Gasteiger charge is 2.10. The van der Waals surface area contributed by atoms with Crippen LogP contribution in [-0.4, -0.2) is 4.21 Å².